The molecule has 1 aromatic rings. The molecule has 1 saturated carbocycles. The topological polar surface area (TPSA) is 73.7 Å². The second kappa shape index (κ2) is 6.17. The normalized spacial score (nSPS) is 31.1. The first-order valence-corrected chi connectivity index (χ1v) is 8.76. The number of aromatic nitrogens is 2. The van der Waals surface area contributed by atoms with Gasteiger partial charge in [0.15, 0.2) is 5.67 Å². The van der Waals surface area contributed by atoms with E-state index < -0.39 is 17.2 Å². The minimum Gasteiger partial charge on any atom is -0.377 e. The molecule has 0 radical (unpaired) electrons. The zero-order valence-electron chi connectivity index (χ0n) is 14.0. The molecule has 3 aliphatic rings. The van der Waals surface area contributed by atoms with E-state index >= 15 is 0 Å². The minimum absolute atomic E-state index is 0.172. The first-order valence-electron chi connectivity index (χ1n) is 8.76. The maximum absolute atomic E-state index is 14.2. The van der Waals surface area contributed by atoms with Crippen molar-refractivity contribution in [3.63, 3.8) is 0 Å². The summed E-state index contributed by atoms with van der Waals surface area (Å²) >= 11 is 0. The molecule has 136 valence electrons. The average molecular weight is 351 g/mol. The molecule has 0 bridgehead atoms. The van der Waals surface area contributed by atoms with Crippen LogP contribution in [0.25, 0.3) is 0 Å². The van der Waals surface area contributed by atoms with E-state index in [1.54, 1.807) is 17.2 Å². The number of rotatable bonds is 3. The van der Waals surface area contributed by atoms with Crippen molar-refractivity contribution >= 4 is 5.91 Å². The molecule has 2 saturated heterocycles. The van der Waals surface area contributed by atoms with E-state index in [1.807, 2.05) is 0 Å². The lowest BCUT2D eigenvalue weighted by atomic mass is 10.00. The summed E-state index contributed by atoms with van der Waals surface area (Å²) in [5.41, 5.74) is -2.47. The van der Waals surface area contributed by atoms with Crippen LogP contribution in [-0.2, 0) is 20.8 Å². The smallest absolute Gasteiger partial charge is 0.266 e. The molecular formula is C17H22FN3O4. The van der Waals surface area contributed by atoms with Crippen molar-refractivity contribution < 1.29 is 18.7 Å². The molecule has 3 fully saturated rings. The first-order chi connectivity index (χ1) is 12.0. The second-order valence-corrected chi connectivity index (χ2v) is 7.25. The summed E-state index contributed by atoms with van der Waals surface area (Å²) in [6.45, 7) is 1.86. The molecule has 0 N–H and O–H groups in total. The third-order valence-corrected chi connectivity index (χ3v) is 5.21. The molecule has 4 rings (SSSR count). The number of hydrogen-bond acceptors (Lipinski definition) is 5. The van der Waals surface area contributed by atoms with Crippen molar-refractivity contribution in [2.24, 2.45) is 0 Å². The summed E-state index contributed by atoms with van der Waals surface area (Å²) < 4.78 is 27.4. The average Bonchev–Trinajstić information content (AvgIpc) is 3.28. The Balaban J connectivity index is 1.45. The highest BCUT2D eigenvalue weighted by molar-refractivity contribution is 5.88. The molecule has 1 aliphatic carbocycles. The molecule has 1 aromatic heterocycles. The number of carbonyl (C=O) groups is 1. The van der Waals surface area contributed by atoms with E-state index in [1.165, 1.54) is 10.7 Å². The molecule has 1 unspecified atom stereocenters. The molecule has 3 heterocycles. The third-order valence-electron chi connectivity index (χ3n) is 5.21. The van der Waals surface area contributed by atoms with Crippen LogP contribution in [0.5, 0.6) is 0 Å². The number of hydrogen-bond donors (Lipinski definition) is 0. The quantitative estimate of drug-likeness (QED) is 0.794. The van der Waals surface area contributed by atoms with E-state index in [9.17, 15) is 14.0 Å². The van der Waals surface area contributed by atoms with E-state index in [0.29, 0.717) is 52.1 Å². The molecule has 2 atom stereocenters. The van der Waals surface area contributed by atoms with Gasteiger partial charge in [-0.15, -0.1) is 0 Å². The number of ether oxygens (including phenoxy) is 2. The molecule has 7 nitrogen and oxygen atoms in total. The van der Waals surface area contributed by atoms with Gasteiger partial charge in [-0.3, -0.25) is 9.59 Å². The van der Waals surface area contributed by atoms with Crippen LogP contribution in [-0.4, -0.2) is 64.3 Å². The molecule has 2 aliphatic heterocycles. The number of alkyl halides is 1. The van der Waals surface area contributed by atoms with Gasteiger partial charge >= 0.3 is 0 Å². The van der Waals surface area contributed by atoms with Gasteiger partial charge in [0.05, 0.1) is 32.4 Å². The molecule has 1 amide bonds. The summed E-state index contributed by atoms with van der Waals surface area (Å²) in [7, 11) is 0. The Morgan fingerprint density at radius 1 is 1.40 bits per heavy atom. The number of nitrogens with zero attached hydrogens (tertiary/aromatic N) is 3. The van der Waals surface area contributed by atoms with Crippen LogP contribution >= 0.6 is 0 Å². The fraction of sp³-hybridized carbons (Fsp3) is 0.706. The highest BCUT2D eigenvalue weighted by Gasteiger charge is 2.54. The molecular weight excluding hydrogens is 329 g/mol. The Hall–Kier alpha value is -1.80. The molecule has 0 aromatic carbocycles. The Bertz CT molecular complexity index is 720. The van der Waals surface area contributed by atoms with Gasteiger partial charge in [0, 0.05) is 18.8 Å². The van der Waals surface area contributed by atoms with Crippen LogP contribution in [0.3, 0.4) is 0 Å². The SMILES string of the molecule is O=C(N1CCOC[C@]2(CCC(Cn3ncccc3=O)O2)C1)C1(F)CC1. The van der Waals surface area contributed by atoms with Gasteiger partial charge in [-0.05, 0) is 31.7 Å². The predicted molar refractivity (Wildman–Crippen MR) is 85.8 cm³/mol. The van der Waals surface area contributed by atoms with Crippen molar-refractivity contribution in [1.29, 1.82) is 0 Å². The minimum atomic E-state index is -1.68. The van der Waals surface area contributed by atoms with Crippen molar-refractivity contribution in [3.8, 4) is 0 Å². The largest absolute Gasteiger partial charge is 0.377 e. The zero-order chi connectivity index (χ0) is 17.5. The highest BCUT2D eigenvalue weighted by atomic mass is 19.1. The van der Waals surface area contributed by atoms with Gasteiger partial charge < -0.3 is 14.4 Å². The second-order valence-electron chi connectivity index (χ2n) is 7.25. The van der Waals surface area contributed by atoms with Crippen LogP contribution < -0.4 is 5.56 Å². The van der Waals surface area contributed by atoms with Crippen molar-refractivity contribution in [2.75, 3.05) is 26.3 Å². The van der Waals surface area contributed by atoms with Crippen LogP contribution in [0.1, 0.15) is 25.7 Å². The summed E-state index contributed by atoms with van der Waals surface area (Å²) in [5.74, 6) is -0.439. The molecule has 25 heavy (non-hydrogen) atoms. The number of carbonyl (C=O) groups excluding carboxylic acids is 1. The van der Waals surface area contributed by atoms with Gasteiger partial charge in [0.25, 0.3) is 11.5 Å². The fourth-order valence-corrected chi connectivity index (χ4v) is 3.65. The summed E-state index contributed by atoms with van der Waals surface area (Å²) in [6.07, 6.45) is 3.46. The van der Waals surface area contributed by atoms with Crippen molar-refractivity contribution in [2.45, 2.75) is 49.6 Å². The summed E-state index contributed by atoms with van der Waals surface area (Å²) in [4.78, 5) is 25.7. The van der Waals surface area contributed by atoms with Gasteiger partial charge in [0.2, 0.25) is 0 Å². The lowest BCUT2D eigenvalue weighted by molar-refractivity contribution is -0.143. The highest BCUT2D eigenvalue weighted by Crippen LogP contribution is 2.42. The Kier molecular flexibility index (Phi) is 4.11. The van der Waals surface area contributed by atoms with Crippen molar-refractivity contribution in [3.05, 3.63) is 28.7 Å². The van der Waals surface area contributed by atoms with E-state index in [-0.39, 0.29) is 11.7 Å². The monoisotopic (exact) mass is 351 g/mol. The lowest BCUT2D eigenvalue weighted by Gasteiger charge is -2.32. The maximum atomic E-state index is 14.2. The first kappa shape index (κ1) is 16.7. The van der Waals surface area contributed by atoms with Gasteiger partial charge in [-0.1, -0.05) is 0 Å². The predicted octanol–water partition coefficient (Wildman–Crippen LogP) is 0.522. The Morgan fingerprint density at radius 3 is 3.00 bits per heavy atom. The van der Waals surface area contributed by atoms with E-state index in [2.05, 4.69) is 5.10 Å². The van der Waals surface area contributed by atoms with Crippen LogP contribution in [0.2, 0.25) is 0 Å². The Morgan fingerprint density at radius 2 is 2.24 bits per heavy atom. The zero-order valence-corrected chi connectivity index (χ0v) is 14.0. The summed E-state index contributed by atoms with van der Waals surface area (Å²) in [6, 6.07) is 3.06. The number of halogens is 1. The van der Waals surface area contributed by atoms with Gasteiger partial charge in [-0.2, -0.15) is 5.10 Å². The van der Waals surface area contributed by atoms with E-state index in [0.717, 1.165) is 6.42 Å². The van der Waals surface area contributed by atoms with Crippen LogP contribution in [0.4, 0.5) is 4.39 Å². The van der Waals surface area contributed by atoms with Crippen LogP contribution in [0.15, 0.2) is 23.1 Å². The fourth-order valence-electron chi connectivity index (χ4n) is 3.65. The van der Waals surface area contributed by atoms with Gasteiger partial charge in [0.1, 0.15) is 5.60 Å². The Labute approximate surface area is 144 Å². The van der Waals surface area contributed by atoms with E-state index in [4.69, 9.17) is 9.47 Å². The third kappa shape index (κ3) is 3.32. The number of amides is 1. The standard InChI is InChI=1S/C17H22FN3O4/c18-17(5-6-17)15(23)20-8-9-24-12-16(11-20)4-3-13(25-16)10-21-14(22)2-1-7-19-21/h1-2,7,13H,3-6,8-12H2/t13?,16-/m0/s1. The molecule has 8 heteroatoms. The van der Waals surface area contributed by atoms with Crippen LogP contribution in [0, 0.1) is 0 Å². The molecule has 1 spiro atoms. The summed E-state index contributed by atoms with van der Waals surface area (Å²) in [5, 5.41) is 4.06. The maximum Gasteiger partial charge on any atom is 0.266 e. The lowest BCUT2D eigenvalue weighted by Crippen LogP contribution is -2.49. The van der Waals surface area contributed by atoms with Crippen molar-refractivity contribution in [1.82, 2.24) is 14.7 Å². The van der Waals surface area contributed by atoms with Gasteiger partial charge in [-0.25, -0.2) is 9.07 Å².